The van der Waals surface area contributed by atoms with Gasteiger partial charge in [0.2, 0.25) is 0 Å². The monoisotopic (exact) mass is 488 g/mol. The summed E-state index contributed by atoms with van der Waals surface area (Å²) < 4.78 is -0.678. The molecule has 0 aliphatic rings. The van der Waals surface area contributed by atoms with Crippen molar-refractivity contribution in [2.45, 2.75) is 15.2 Å². The van der Waals surface area contributed by atoms with Crippen LogP contribution in [0.1, 0.15) is 15.9 Å². The van der Waals surface area contributed by atoms with Crippen LogP contribution in [0.15, 0.2) is 54.6 Å². The molecule has 0 radical (unpaired) electrons. The largest absolute Gasteiger partial charge is 0.363 e. The van der Waals surface area contributed by atoms with Crippen molar-refractivity contribution in [3.05, 3.63) is 65.7 Å². The van der Waals surface area contributed by atoms with E-state index in [1.165, 1.54) is 5.56 Å². The lowest BCUT2D eigenvalue weighted by atomic mass is 10.2. The first-order chi connectivity index (χ1) is 10.4. The van der Waals surface area contributed by atoms with Crippen LogP contribution in [-0.4, -0.2) is 14.2 Å². The Morgan fingerprint density at radius 2 is 1.59 bits per heavy atom. The number of carbonyl (C=O) groups excluding carboxylic acids is 1. The number of halogens is 3. The zero-order valence-electron chi connectivity index (χ0n) is 11.8. The van der Waals surface area contributed by atoms with Crippen LogP contribution in [0, 0.1) is 6.92 Å². The third-order valence-electron chi connectivity index (χ3n) is 3.00. The third kappa shape index (κ3) is 5.11. The Morgan fingerprint density at radius 3 is 2.14 bits per heavy atom. The van der Waals surface area contributed by atoms with E-state index in [1.807, 2.05) is 49.4 Å². The minimum Gasteiger partial charge on any atom is -0.363 e. The van der Waals surface area contributed by atoms with E-state index in [9.17, 15) is 4.79 Å². The van der Waals surface area contributed by atoms with Gasteiger partial charge in [-0.2, -0.15) is 0 Å². The highest BCUT2D eigenvalue weighted by molar-refractivity contribution is 9.39. The van der Waals surface area contributed by atoms with E-state index in [2.05, 4.69) is 58.4 Å². The number of alkyl halides is 3. The van der Waals surface area contributed by atoms with Crippen LogP contribution in [0.4, 0.5) is 5.69 Å². The predicted octanol–water partition coefficient (Wildman–Crippen LogP) is 5.00. The zero-order valence-corrected chi connectivity index (χ0v) is 16.6. The molecule has 0 aliphatic carbocycles. The lowest BCUT2D eigenvalue weighted by molar-refractivity contribution is 0.0943. The fraction of sp³-hybridized carbons (Fsp3) is 0.188. The lowest BCUT2D eigenvalue weighted by Gasteiger charge is -2.28. The van der Waals surface area contributed by atoms with Gasteiger partial charge in [-0.1, -0.05) is 83.7 Å². The molecule has 0 saturated heterocycles. The topological polar surface area (TPSA) is 41.1 Å². The normalized spacial score (nSPS) is 12.5. The number of amides is 1. The Morgan fingerprint density at radius 1 is 1.00 bits per heavy atom. The molecule has 0 saturated carbocycles. The van der Waals surface area contributed by atoms with Crippen molar-refractivity contribution < 1.29 is 4.79 Å². The van der Waals surface area contributed by atoms with E-state index in [0.29, 0.717) is 5.56 Å². The predicted molar refractivity (Wildman–Crippen MR) is 102 cm³/mol. The number of rotatable bonds is 4. The second-order valence-corrected chi connectivity index (χ2v) is 11.8. The molecule has 2 aromatic carbocycles. The number of carbonyl (C=O) groups is 1. The Bertz CT molecular complexity index is 624. The highest BCUT2D eigenvalue weighted by atomic mass is 80.0. The zero-order chi connectivity index (χ0) is 16.2. The Labute approximate surface area is 155 Å². The van der Waals surface area contributed by atoms with Crippen LogP contribution in [0.25, 0.3) is 0 Å². The Kier molecular flexibility index (Phi) is 6.06. The van der Waals surface area contributed by atoms with Gasteiger partial charge in [-0.15, -0.1) is 0 Å². The van der Waals surface area contributed by atoms with E-state index in [1.54, 1.807) is 12.1 Å². The Hall–Kier alpha value is -0.850. The number of anilines is 1. The number of hydrogen-bond acceptors (Lipinski definition) is 2. The number of hydrogen-bond donors (Lipinski definition) is 2. The highest BCUT2D eigenvalue weighted by Gasteiger charge is 2.32. The minimum absolute atomic E-state index is 0.159. The van der Waals surface area contributed by atoms with Gasteiger partial charge in [0.05, 0.1) is 0 Å². The second-order valence-electron chi connectivity index (χ2n) is 4.82. The maximum absolute atomic E-state index is 12.3. The average molecular weight is 491 g/mol. The van der Waals surface area contributed by atoms with E-state index in [4.69, 9.17) is 0 Å². The molecule has 1 atom stereocenters. The summed E-state index contributed by atoms with van der Waals surface area (Å²) in [5.41, 5.74) is 2.69. The summed E-state index contributed by atoms with van der Waals surface area (Å²) in [6, 6.07) is 17.1. The van der Waals surface area contributed by atoms with Crippen molar-refractivity contribution in [1.29, 1.82) is 0 Å². The molecule has 0 aromatic heterocycles. The molecule has 0 aliphatic heterocycles. The SMILES string of the molecule is Cc1ccc(N[C@@H](NC(=O)c2ccccc2)C(Br)(Br)Br)cc1. The van der Waals surface area contributed by atoms with Gasteiger partial charge in [0, 0.05) is 11.3 Å². The van der Waals surface area contributed by atoms with Gasteiger partial charge < -0.3 is 10.6 Å². The molecular formula is C16H15Br3N2O. The van der Waals surface area contributed by atoms with Gasteiger partial charge in [-0.3, -0.25) is 4.79 Å². The molecule has 2 N–H and O–H groups in total. The highest BCUT2D eigenvalue weighted by Crippen LogP contribution is 2.37. The molecule has 2 rings (SSSR count). The summed E-state index contributed by atoms with van der Waals surface area (Å²) in [6.07, 6.45) is -0.414. The fourth-order valence-corrected chi connectivity index (χ4v) is 2.51. The average Bonchev–Trinajstić information content (AvgIpc) is 2.48. The van der Waals surface area contributed by atoms with Gasteiger partial charge in [0.1, 0.15) is 6.17 Å². The van der Waals surface area contributed by atoms with Crippen molar-refractivity contribution in [3.8, 4) is 0 Å². The summed E-state index contributed by atoms with van der Waals surface area (Å²) >= 11 is 10.4. The summed E-state index contributed by atoms with van der Waals surface area (Å²) in [4.78, 5) is 12.3. The van der Waals surface area contributed by atoms with Crippen LogP contribution in [0.5, 0.6) is 0 Å². The first-order valence-corrected chi connectivity index (χ1v) is 9.00. The number of nitrogens with one attached hydrogen (secondary N) is 2. The summed E-state index contributed by atoms with van der Waals surface area (Å²) in [7, 11) is 0. The third-order valence-corrected chi connectivity index (χ3v) is 4.37. The number of aryl methyl sites for hydroxylation is 1. The van der Waals surface area contributed by atoms with E-state index in [0.717, 1.165) is 5.69 Å². The maximum atomic E-state index is 12.3. The van der Waals surface area contributed by atoms with Crippen molar-refractivity contribution in [2.75, 3.05) is 5.32 Å². The Balaban J connectivity index is 2.13. The molecule has 0 fully saturated rings. The standard InChI is InChI=1S/C16H15Br3N2O/c1-11-7-9-13(10-8-11)20-15(16(17,18)19)21-14(22)12-5-3-2-4-6-12/h2-10,15,20H,1H3,(H,21,22)/t15-/m0/s1. The van der Waals surface area contributed by atoms with Crippen LogP contribution in [0.3, 0.4) is 0 Å². The van der Waals surface area contributed by atoms with Crippen molar-refractivity contribution in [1.82, 2.24) is 5.32 Å². The molecule has 1 amide bonds. The molecule has 116 valence electrons. The summed E-state index contributed by atoms with van der Waals surface area (Å²) in [6.45, 7) is 2.03. The quantitative estimate of drug-likeness (QED) is 0.467. The molecule has 0 bridgehead atoms. The van der Waals surface area contributed by atoms with Crippen molar-refractivity contribution in [3.63, 3.8) is 0 Å². The molecule has 22 heavy (non-hydrogen) atoms. The lowest BCUT2D eigenvalue weighted by Crippen LogP contribution is -2.48. The van der Waals surface area contributed by atoms with Gasteiger partial charge in [-0.25, -0.2) is 0 Å². The molecule has 6 heteroatoms. The molecule has 0 heterocycles. The first-order valence-electron chi connectivity index (χ1n) is 6.62. The first kappa shape index (κ1) is 17.5. The van der Waals surface area contributed by atoms with Crippen LogP contribution in [-0.2, 0) is 0 Å². The second kappa shape index (κ2) is 7.62. The molecule has 0 spiro atoms. The van der Waals surface area contributed by atoms with Crippen LogP contribution in [0.2, 0.25) is 0 Å². The van der Waals surface area contributed by atoms with Crippen LogP contribution >= 0.6 is 47.8 Å². The van der Waals surface area contributed by atoms with E-state index in [-0.39, 0.29) is 5.91 Å². The molecule has 3 nitrogen and oxygen atoms in total. The van der Waals surface area contributed by atoms with Gasteiger partial charge in [-0.05, 0) is 31.2 Å². The fourth-order valence-electron chi connectivity index (χ4n) is 1.82. The molecule has 0 unspecified atom stereocenters. The van der Waals surface area contributed by atoms with Gasteiger partial charge >= 0.3 is 0 Å². The summed E-state index contributed by atoms with van der Waals surface area (Å²) in [5, 5.41) is 6.22. The van der Waals surface area contributed by atoms with Gasteiger partial charge in [0.15, 0.2) is 2.14 Å². The van der Waals surface area contributed by atoms with Crippen LogP contribution < -0.4 is 10.6 Å². The summed E-state index contributed by atoms with van der Waals surface area (Å²) in [5.74, 6) is -0.159. The van der Waals surface area contributed by atoms with E-state index >= 15 is 0 Å². The van der Waals surface area contributed by atoms with Gasteiger partial charge in [0.25, 0.3) is 5.91 Å². The molecule has 2 aromatic rings. The van der Waals surface area contributed by atoms with Crippen molar-refractivity contribution >= 4 is 59.4 Å². The maximum Gasteiger partial charge on any atom is 0.252 e. The number of benzene rings is 2. The van der Waals surface area contributed by atoms with E-state index < -0.39 is 8.31 Å². The molecular weight excluding hydrogens is 476 g/mol. The smallest absolute Gasteiger partial charge is 0.252 e. The van der Waals surface area contributed by atoms with Crippen molar-refractivity contribution in [2.24, 2.45) is 0 Å². The minimum atomic E-state index is -0.678.